The van der Waals surface area contributed by atoms with Crippen molar-refractivity contribution >= 4 is 5.97 Å². The Bertz CT molecular complexity index is 233. The summed E-state index contributed by atoms with van der Waals surface area (Å²) in [4.78, 5) is 12.1. The smallest absolute Gasteiger partial charge is 0.323 e. The van der Waals surface area contributed by atoms with Gasteiger partial charge in [0.05, 0.1) is 0 Å². The topological polar surface area (TPSA) is 66.6 Å². The number of nitrogens with two attached hydrogens (primary N) is 1. The first-order chi connectivity index (χ1) is 5.74. The molecule has 0 spiro atoms. The highest BCUT2D eigenvalue weighted by molar-refractivity contribution is 5.69. The average molecular weight is 168 g/mol. The number of carbonyl (C=O) groups is 1. The largest absolute Gasteiger partial charge is 0.480 e. The molecule has 3 N–H and O–H groups in total. The minimum atomic E-state index is -0.829. The maximum Gasteiger partial charge on any atom is 0.323 e. The summed E-state index contributed by atoms with van der Waals surface area (Å²) in [5.41, 5.74) is 6.31. The van der Waals surface area contributed by atoms with Crippen molar-refractivity contribution in [2.75, 3.05) is 19.6 Å². The average Bonchev–Trinajstić information content (AvgIpc) is 2.04. The van der Waals surface area contributed by atoms with Gasteiger partial charge in [-0.1, -0.05) is 12.2 Å². The minimum Gasteiger partial charge on any atom is -0.480 e. The second-order valence-corrected chi connectivity index (χ2v) is 2.56. The molecule has 0 amide bonds. The molecule has 1 rings (SSSR count). The third-order valence-corrected chi connectivity index (χ3v) is 1.69. The Kier molecular flexibility index (Phi) is 2.88. The Hall–Kier alpha value is -1.29. The van der Waals surface area contributed by atoms with E-state index in [1.54, 1.807) is 4.90 Å². The first-order valence-corrected chi connectivity index (χ1v) is 3.76. The molecule has 4 nitrogen and oxygen atoms in total. The van der Waals surface area contributed by atoms with Gasteiger partial charge in [0.25, 0.3) is 0 Å². The number of nitrogens with zero attached hydrogens (tertiary/aromatic N) is 1. The highest BCUT2D eigenvalue weighted by Crippen LogP contribution is 2.07. The second-order valence-electron chi connectivity index (χ2n) is 2.56. The first kappa shape index (κ1) is 8.80. The van der Waals surface area contributed by atoms with Crippen LogP contribution in [0.5, 0.6) is 0 Å². The molecule has 0 aromatic carbocycles. The molecule has 12 heavy (non-hydrogen) atoms. The predicted octanol–water partition coefficient (Wildman–Crippen LogP) is -0.215. The lowest BCUT2D eigenvalue weighted by Gasteiger charge is -2.25. The molecule has 0 saturated heterocycles. The molecule has 1 aliphatic heterocycles. The minimum absolute atomic E-state index is 0.0212. The highest BCUT2D eigenvalue weighted by atomic mass is 16.4. The molecule has 4 heteroatoms. The summed E-state index contributed by atoms with van der Waals surface area (Å²) in [7, 11) is 0. The van der Waals surface area contributed by atoms with Crippen molar-refractivity contribution in [2.45, 2.75) is 0 Å². The van der Waals surface area contributed by atoms with E-state index in [-0.39, 0.29) is 6.54 Å². The van der Waals surface area contributed by atoms with Crippen LogP contribution in [0.3, 0.4) is 0 Å². The summed E-state index contributed by atoms with van der Waals surface area (Å²) in [6.45, 7) is 1.04. The summed E-state index contributed by atoms with van der Waals surface area (Å²) >= 11 is 0. The number of aliphatic carboxylic acids is 1. The van der Waals surface area contributed by atoms with E-state index >= 15 is 0 Å². The normalized spacial score (nSPS) is 16.1. The van der Waals surface area contributed by atoms with Crippen molar-refractivity contribution in [2.24, 2.45) is 5.73 Å². The SMILES string of the molecule is NCC1=CC=CCN1CC(=O)O. The molecule has 0 bridgehead atoms. The zero-order chi connectivity index (χ0) is 8.97. The second kappa shape index (κ2) is 3.92. The summed E-state index contributed by atoms with van der Waals surface area (Å²) in [6.07, 6.45) is 5.63. The van der Waals surface area contributed by atoms with Crippen LogP contribution in [0.25, 0.3) is 0 Å². The number of rotatable bonds is 3. The van der Waals surface area contributed by atoms with Gasteiger partial charge < -0.3 is 15.7 Å². The van der Waals surface area contributed by atoms with Gasteiger partial charge in [-0.25, -0.2) is 0 Å². The van der Waals surface area contributed by atoms with Crippen LogP contribution in [0.15, 0.2) is 23.9 Å². The zero-order valence-corrected chi connectivity index (χ0v) is 6.73. The van der Waals surface area contributed by atoms with Crippen LogP contribution in [-0.4, -0.2) is 35.6 Å². The van der Waals surface area contributed by atoms with E-state index in [0.29, 0.717) is 13.1 Å². The van der Waals surface area contributed by atoms with Crippen molar-refractivity contribution in [3.8, 4) is 0 Å². The third kappa shape index (κ3) is 2.10. The van der Waals surface area contributed by atoms with Crippen LogP contribution in [0.4, 0.5) is 0 Å². The Morgan fingerprint density at radius 1 is 1.75 bits per heavy atom. The molecule has 0 fully saturated rings. The molecule has 0 unspecified atom stereocenters. The fourth-order valence-corrected chi connectivity index (χ4v) is 1.12. The molecule has 66 valence electrons. The van der Waals surface area contributed by atoms with E-state index in [9.17, 15) is 4.79 Å². The molecule has 0 aromatic rings. The van der Waals surface area contributed by atoms with Crippen molar-refractivity contribution in [1.82, 2.24) is 4.90 Å². The number of hydrogen-bond acceptors (Lipinski definition) is 3. The fourth-order valence-electron chi connectivity index (χ4n) is 1.12. The fraction of sp³-hybridized carbons (Fsp3) is 0.375. The molecule has 0 aliphatic carbocycles. The van der Waals surface area contributed by atoms with Crippen LogP contribution < -0.4 is 5.73 Å². The molecule has 1 heterocycles. The van der Waals surface area contributed by atoms with Gasteiger partial charge in [-0.2, -0.15) is 0 Å². The molecule has 0 saturated carbocycles. The summed E-state index contributed by atoms with van der Waals surface area (Å²) in [6, 6.07) is 0. The van der Waals surface area contributed by atoms with E-state index in [0.717, 1.165) is 5.70 Å². The summed E-state index contributed by atoms with van der Waals surface area (Å²) in [5.74, 6) is -0.829. The van der Waals surface area contributed by atoms with Crippen LogP contribution in [0.1, 0.15) is 0 Å². The van der Waals surface area contributed by atoms with Gasteiger partial charge in [-0.3, -0.25) is 4.79 Å². The Morgan fingerprint density at radius 3 is 3.08 bits per heavy atom. The molecular formula is C8H12N2O2. The maximum absolute atomic E-state index is 10.4. The number of allylic oxidation sites excluding steroid dienone is 2. The Balaban J connectivity index is 2.59. The van der Waals surface area contributed by atoms with Gasteiger partial charge in [-0.15, -0.1) is 0 Å². The van der Waals surface area contributed by atoms with Crippen LogP contribution in [0.2, 0.25) is 0 Å². The first-order valence-electron chi connectivity index (χ1n) is 3.76. The lowest BCUT2D eigenvalue weighted by atomic mass is 10.2. The van der Waals surface area contributed by atoms with E-state index < -0.39 is 5.97 Å². The number of carboxylic acid groups (broad SMARTS) is 1. The van der Waals surface area contributed by atoms with Gasteiger partial charge in [0.1, 0.15) is 6.54 Å². The van der Waals surface area contributed by atoms with E-state index in [1.807, 2.05) is 18.2 Å². The predicted molar refractivity (Wildman–Crippen MR) is 45.5 cm³/mol. The molecule has 1 aliphatic rings. The highest BCUT2D eigenvalue weighted by Gasteiger charge is 2.11. The quantitative estimate of drug-likeness (QED) is 0.611. The van der Waals surface area contributed by atoms with E-state index in [4.69, 9.17) is 10.8 Å². The zero-order valence-electron chi connectivity index (χ0n) is 6.73. The lowest BCUT2D eigenvalue weighted by Crippen LogP contribution is -2.33. The molecule has 0 atom stereocenters. The van der Waals surface area contributed by atoms with Gasteiger partial charge in [-0.05, 0) is 6.08 Å². The van der Waals surface area contributed by atoms with Crippen molar-refractivity contribution in [3.63, 3.8) is 0 Å². The number of carboxylic acids is 1. The Labute approximate surface area is 71.0 Å². The van der Waals surface area contributed by atoms with Gasteiger partial charge in [0.15, 0.2) is 0 Å². The monoisotopic (exact) mass is 168 g/mol. The van der Waals surface area contributed by atoms with E-state index in [2.05, 4.69) is 0 Å². The lowest BCUT2D eigenvalue weighted by molar-refractivity contribution is -0.137. The molecular weight excluding hydrogens is 156 g/mol. The van der Waals surface area contributed by atoms with Crippen molar-refractivity contribution < 1.29 is 9.90 Å². The van der Waals surface area contributed by atoms with Gasteiger partial charge in [0.2, 0.25) is 0 Å². The standard InChI is InChI=1S/C8H12N2O2/c9-5-7-3-1-2-4-10(7)6-8(11)12/h1-3H,4-6,9H2,(H,11,12). The molecule has 0 radical (unpaired) electrons. The van der Waals surface area contributed by atoms with Crippen molar-refractivity contribution in [1.29, 1.82) is 0 Å². The third-order valence-electron chi connectivity index (χ3n) is 1.69. The van der Waals surface area contributed by atoms with Crippen LogP contribution >= 0.6 is 0 Å². The maximum atomic E-state index is 10.4. The number of hydrogen-bond donors (Lipinski definition) is 2. The summed E-state index contributed by atoms with van der Waals surface area (Å²) < 4.78 is 0. The van der Waals surface area contributed by atoms with Crippen LogP contribution in [0, 0.1) is 0 Å². The Morgan fingerprint density at radius 2 is 2.50 bits per heavy atom. The molecule has 0 aromatic heterocycles. The van der Waals surface area contributed by atoms with Crippen molar-refractivity contribution in [3.05, 3.63) is 23.9 Å². The van der Waals surface area contributed by atoms with E-state index in [1.165, 1.54) is 0 Å². The van der Waals surface area contributed by atoms with Gasteiger partial charge in [0, 0.05) is 18.8 Å². The van der Waals surface area contributed by atoms with Crippen LogP contribution in [-0.2, 0) is 4.79 Å². The van der Waals surface area contributed by atoms with Gasteiger partial charge >= 0.3 is 5.97 Å². The summed E-state index contributed by atoms with van der Waals surface area (Å²) in [5, 5.41) is 8.55.